The maximum Gasteiger partial charge on any atom is 0.255 e. The summed E-state index contributed by atoms with van der Waals surface area (Å²) in [5.74, 6) is 2.96. The molecular formula is C12H12ClN5O. The summed E-state index contributed by atoms with van der Waals surface area (Å²) >= 11 is 6.08. The molecule has 6 nitrogen and oxygen atoms in total. The van der Waals surface area contributed by atoms with E-state index in [1.54, 1.807) is 4.52 Å². The van der Waals surface area contributed by atoms with Gasteiger partial charge in [0, 0.05) is 5.56 Å². The SMILES string of the molecule is Cc1ccc(CNc2c(C)c(Cl)nc3ncnn23)o1. The molecule has 0 atom stereocenters. The lowest BCUT2D eigenvalue weighted by Crippen LogP contribution is -2.08. The van der Waals surface area contributed by atoms with E-state index in [9.17, 15) is 0 Å². The zero-order chi connectivity index (χ0) is 13.4. The molecule has 0 spiro atoms. The molecular weight excluding hydrogens is 266 g/mol. The van der Waals surface area contributed by atoms with Gasteiger partial charge in [0.05, 0.1) is 6.54 Å². The van der Waals surface area contributed by atoms with Gasteiger partial charge in [0.15, 0.2) is 0 Å². The Bertz CT molecular complexity index is 733. The Balaban J connectivity index is 1.95. The van der Waals surface area contributed by atoms with E-state index in [-0.39, 0.29) is 0 Å². The Morgan fingerprint density at radius 2 is 2.21 bits per heavy atom. The standard InChI is InChI=1S/C12H12ClN5O/c1-7-3-4-9(19-7)5-14-11-8(2)10(13)17-12-15-6-16-18(11)12/h3-4,6,14H,5H2,1-2H3. The number of anilines is 1. The third kappa shape index (κ3) is 2.15. The number of nitrogens with zero attached hydrogens (tertiary/aromatic N) is 4. The summed E-state index contributed by atoms with van der Waals surface area (Å²) in [7, 11) is 0. The summed E-state index contributed by atoms with van der Waals surface area (Å²) in [6.45, 7) is 4.34. The molecule has 0 bridgehead atoms. The molecule has 0 radical (unpaired) electrons. The number of hydrogen-bond donors (Lipinski definition) is 1. The minimum absolute atomic E-state index is 0.415. The van der Waals surface area contributed by atoms with Crippen molar-refractivity contribution in [1.82, 2.24) is 19.6 Å². The Morgan fingerprint density at radius 1 is 1.37 bits per heavy atom. The predicted molar refractivity (Wildman–Crippen MR) is 71.3 cm³/mol. The molecule has 3 heterocycles. The maximum atomic E-state index is 6.08. The van der Waals surface area contributed by atoms with Gasteiger partial charge in [-0.1, -0.05) is 11.6 Å². The van der Waals surface area contributed by atoms with Gasteiger partial charge in [-0.15, -0.1) is 0 Å². The zero-order valence-electron chi connectivity index (χ0n) is 10.5. The molecule has 7 heteroatoms. The quantitative estimate of drug-likeness (QED) is 0.745. The number of rotatable bonds is 3. The number of fused-ring (bicyclic) bond motifs is 1. The van der Waals surface area contributed by atoms with E-state index in [0.29, 0.717) is 17.5 Å². The summed E-state index contributed by atoms with van der Waals surface area (Å²) in [5, 5.41) is 7.80. The molecule has 1 N–H and O–H groups in total. The van der Waals surface area contributed by atoms with Crippen molar-refractivity contribution >= 4 is 23.2 Å². The lowest BCUT2D eigenvalue weighted by molar-refractivity contribution is 0.490. The number of aryl methyl sites for hydroxylation is 1. The van der Waals surface area contributed by atoms with Gasteiger partial charge < -0.3 is 9.73 Å². The first-order valence-electron chi connectivity index (χ1n) is 5.80. The second-order valence-electron chi connectivity index (χ2n) is 4.21. The van der Waals surface area contributed by atoms with E-state index in [1.807, 2.05) is 26.0 Å². The van der Waals surface area contributed by atoms with Crippen molar-refractivity contribution in [3.05, 3.63) is 40.7 Å². The van der Waals surface area contributed by atoms with Gasteiger partial charge in [0.25, 0.3) is 5.78 Å². The van der Waals surface area contributed by atoms with Gasteiger partial charge in [-0.25, -0.2) is 0 Å². The third-order valence-corrected chi connectivity index (χ3v) is 3.20. The second-order valence-corrected chi connectivity index (χ2v) is 4.57. The van der Waals surface area contributed by atoms with Crippen LogP contribution in [0.25, 0.3) is 5.78 Å². The molecule has 0 aliphatic heterocycles. The fourth-order valence-corrected chi connectivity index (χ4v) is 2.02. The van der Waals surface area contributed by atoms with Crippen molar-refractivity contribution in [3.8, 4) is 0 Å². The van der Waals surface area contributed by atoms with Crippen molar-refractivity contribution < 1.29 is 4.42 Å². The number of hydrogen-bond acceptors (Lipinski definition) is 5. The van der Waals surface area contributed by atoms with Gasteiger partial charge in [-0.2, -0.15) is 19.6 Å². The van der Waals surface area contributed by atoms with E-state index < -0.39 is 0 Å². The highest BCUT2D eigenvalue weighted by Crippen LogP contribution is 2.22. The molecule has 0 aliphatic carbocycles. The molecule has 3 aromatic rings. The molecule has 0 fully saturated rings. The number of nitrogens with one attached hydrogen (secondary N) is 1. The van der Waals surface area contributed by atoms with Gasteiger partial charge in [0.2, 0.25) is 0 Å². The molecule has 0 unspecified atom stereocenters. The maximum absolute atomic E-state index is 6.08. The Kier molecular flexibility index (Phi) is 2.87. The third-order valence-electron chi connectivity index (χ3n) is 2.83. The molecule has 0 saturated heterocycles. The average Bonchev–Trinajstić information content (AvgIpc) is 2.99. The number of halogens is 1. The van der Waals surface area contributed by atoms with Crippen molar-refractivity contribution in [2.45, 2.75) is 20.4 Å². The normalized spacial score (nSPS) is 11.1. The smallest absolute Gasteiger partial charge is 0.255 e. The molecule has 19 heavy (non-hydrogen) atoms. The highest BCUT2D eigenvalue weighted by molar-refractivity contribution is 6.30. The van der Waals surface area contributed by atoms with Crippen LogP contribution in [0.2, 0.25) is 5.15 Å². The molecule has 98 valence electrons. The van der Waals surface area contributed by atoms with Crippen LogP contribution in [0.15, 0.2) is 22.9 Å². The zero-order valence-corrected chi connectivity index (χ0v) is 11.3. The van der Waals surface area contributed by atoms with Crippen LogP contribution in [0, 0.1) is 13.8 Å². The van der Waals surface area contributed by atoms with Crippen LogP contribution in [-0.4, -0.2) is 19.6 Å². The lowest BCUT2D eigenvalue weighted by Gasteiger charge is -2.10. The summed E-state index contributed by atoms with van der Waals surface area (Å²) in [4.78, 5) is 8.18. The summed E-state index contributed by atoms with van der Waals surface area (Å²) in [6, 6.07) is 3.85. The van der Waals surface area contributed by atoms with Crippen LogP contribution in [0.5, 0.6) is 0 Å². The molecule has 0 saturated carbocycles. The van der Waals surface area contributed by atoms with Gasteiger partial charge in [-0.3, -0.25) is 0 Å². The highest BCUT2D eigenvalue weighted by Gasteiger charge is 2.12. The number of aromatic nitrogens is 4. The monoisotopic (exact) mass is 277 g/mol. The number of furan rings is 1. The Labute approximate surface area is 114 Å². The Morgan fingerprint density at radius 3 is 2.95 bits per heavy atom. The summed E-state index contributed by atoms with van der Waals surface area (Å²) in [6.07, 6.45) is 1.44. The molecule has 0 aromatic carbocycles. The van der Waals surface area contributed by atoms with E-state index in [0.717, 1.165) is 22.9 Å². The molecule has 0 amide bonds. The molecule has 3 aromatic heterocycles. The van der Waals surface area contributed by atoms with Gasteiger partial charge in [0.1, 0.15) is 28.8 Å². The van der Waals surface area contributed by atoms with E-state index in [2.05, 4.69) is 20.4 Å². The predicted octanol–water partition coefficient (Wildman–Crippen LogP) is 2.60. The molecule has 3 rings (SSSR count). The first-order valence-corrected chi connectivity index (χ1v) is 6.18. The summed E-state index contributed by atoms with van der Waals surface area (Å²) in [5.41, 5.74) is 0.822. The summed E-state index contributed by atoms with van der Waals surface area (Å²) < 4.78 is 7.13. The van der Waals surface area contributed by atoms with Gasteiger partial charge >= 0.3 is 0 Å². The van der Waals surface area contributed by atoms with E-state index in [4.69, 9.17) is 16.0 Å². The van der Waals surface area contributed by atoms with Crippen LogP contribution in [0.4, 0.5) is 5.82 Å². The largest absolute Gasteiger partial charge is 0.465 e. The minimum Gasteiger partial charge on any atom is -0.465 e. The fraction of sp³-hybridized carbons (Fsp3) is 0.250. The average molecular weight is 278 g/mol. The first kappa shape index (κ1) is 12.0. The van der Waals surface area contributed by atoms with Crippen LogP contribution in [0.1, 0.15) is 17.1 Å². The van der Waals surface area contributed by atoms with E-state index in [1.165, 1.54) is 6.33 Å². The second kappa shape index (κ2) is 4.55. The van der Waals surface area contributed by atoms with Crippen LogP contribution in [-0.2, 0) is 6.54 Å². The van der Waals surface area contributed by atoms with Crippen LogP contribution < -0.4 is 5.32 Å². The van der Waals surface area contributed by atoms with Crippen LogP contribution >= 0.6 is 11.6 Å². The van der Waals surface area contributed by atoms with Crippen LogP contribution in [0.3, 0.4) is 0 Å². The van der Waals surface area contributed by atoms with Crippen molar-refractivity contribution in [2.75, 3.05) is 5.32 Å². The lowest BCUT2D eigenvalue weighted by atomic mass is 10.3. The van der Waals surface area contributed by atoms with Crippen molar-refractivity contribution in [3.63, 3.8) is 0 Å². The fourth-order valence-electron chi connectivity index (χ4n) is 1.86. The van der Waals surface area contributed by atoms with Gasteiger partial charge in [-0.05, 0) is 26.0 Å². The topological polar surface area (TPSA) is 68.2 Å². The Hall–Kier alpha value is -2.08. The first-order chi connectivity index (χ1) is 9.15. The van der Waals surface area contributed by atoms with Crippen molar-refractivity contribution in [1.29, 1.82) is 0 Å². The minimum atomic E-state index is 0.415. The van der Waals surface area contributed by atoms with Crippen molar-refractivity contribution in [2.24, 2.45) is 0 Å². The van der Waals surface area contributed by atoms with E-state index >= 15 is 0 Å². The highest BCUT2D eigenvalue weighted by atomic mass is 35.5. The molecule has 0 aliphatic rings.